The minimum Gasteiger partial charge on any atom is -0.305 e. The first-order valence-corrected chi connectivity index (χ1v) is 11.4. The molecule has 7 heteroatoms. The van der Waals surface area contributed by atoms with Gasteiger partial charge in [-0.25, -0.2) is 8.42 Å². The van der Waals surface area contributed by atoms with E-state index in [4.69, 9.17) is 11.6 Å². The third-order valence-electron chi connectivity index (χ3n) is 5.22. The number of carbonyl (C=O) groups excluding carboxylic acids is 1. The molecule has 1 aliphatic rings. The number of benzene rings is 3. The van der Waals surface area contributed by atoms with Crippen LogP contribution in [0.4, 0.5) is 11.4 Å². The maximum atomic E-state index is 13.2. The number of nitrogens with one attached hydrogen (secondary N) is 1. The summed E-state index contributed by atoms with van der Waals surface area (Å²) in [6, 6.07) is 19.0. The Labute approximate surface area is 181 Å². The zero-order valence-corrected chi connectivity index (χ0v) is 18.2. The van der Waals surface area contributed by atoms with Gasteiger partial charge in [0.05, 0.1) is 15.6 Å². The van der Waals surface area contributed by atoms with E-state index in [1.54, 1.807) is 23.1 Å². The molecule has 0 bridgehead atoms. The van der Waals surface area contributed by atoms with Gasteiger partial charge in [0, 0.05) is 17.3 Å². The molecule has 0 spiro atoms. The molecule has 3 aromatic carbocycles. The van der Waals surface area contributed by atoms with Crippen LogP contribution in [-0.2, 0) is 16.4 Å². The van der Waals surface area contributed by atoms with Crippen LogP contribution in [0.15, 0.2) is 71.6 Å². The van der Waals surface area contributed by atoms with E-state index in [0.29, 0.717) is 5.56 Å². The van der Waals surface area contributed by atoms with Gasteiger partial charge < -0.3 is 4.90 Å². The summed E-state index contributed by atoms with van der Waals surface area (Å²) in [5, 5.41) is 0.164. The van der Waals surface area contributed by atoms with Crippen LogP contribution in [0, 0.1) is 6.92 Å². The molecule has 0 radical (unpaired) electrons. The van der Waals surface area contributed by atoms with Gasteiger partial charge in [0.25, 0.3) is 15.9 Å². The maximum Gasteiger partial charge on any atom is 0.261 e. The lowest BCUT2D eigenvalue weighted by Crippen LogP contribution is -2.35. The molecule has 1 N–H and O–H groups in total. The molecule has 5 nitrogen and oxygen atoms in total. The molecule has 0 saturated carbocycles. The molecule has 4 rings (SSSR count). The fourth-order valence-electron chi connectivity index (χ4n) is 3.67. The number of amides is 1. The molecule has 0 saturated heterocycles. The van der Waals surface area contributed by atoms with Crippen LogP contribution in [0.2, 0.25) is 5.02 Å². The lowest BCUT2D eigenvalue weighted by Gasteiger charge is -2.23. The van der Waals surface area contributed by atoms with Crippen molar-refractivity contribution >= 4 is 38.9 Å². The first kappa shape index (κ1) is 20.4. The molecular formula is C23H21ClN2O3S. The zero-order valence-electron chi connectivity index (χ0n) is 16.6. The lowest BCUT2D eigenvalue weighted by molar-refractivity contribution is 0.0981. The van der Waals surface area contributed by atoms with E-state index in [9.17, 15) is 13.2 Å². The minimum atomic E-state index is -3.78. The van der Waals surface area contributed by atoms with Gasteiger partial charge in [-0.15, -0.1) is 0 Å². The summed E-state index contributed by atoms with van der Waals surface area (Å²) < 4.78 is 27.8. The first-order chi connectivity index (χ1) is 14.3. The molecule has 1 amide bonds. The van der Waals surface area contributed by atoms with Crippen molar-refractivity contribution in [3.8, 4) is 0 Å². The Hall–Kier alpha value is -2.83. The highest BCUT2D eigenvalue weighted by molar-refractivity contribution is 7.92. The van der Waals surface area contributed by atoms with Gasteiger partial charge in [-0.1, -0.05) is 47.5 Å². The van der Waals surface area contributed by atoms with Gasteiger partial charge in [-0.05, 0) is 62.2 Å². The average molecular weight is 441 g/mol. The molecule has 0 aromatic heterocycles. The first-order valence-electron chi connectivity index (χ1n) is 9.57. The lowest BCUT2D eigenvalue weighted by atomic mass is 10.1. The third kappa shape index (κ3) is 3.80. The Kier molecular flexibility index (Phi) is 5.30. The Morgan fingerprint density at radius 2 is 1.77 bits per heavy atom. The fourth-order valence-corrected chi connectivity index (χ4v) is 5.03. The molecule has 1 aliphatic heterocycles. The largest absolute Gasteiger partial charge is 0.305 e. The van der Waals surface area contributed by atoms with Gasteiger partial charge >= 0.3 is 0 Å². The number of rotatable bonds is 4. The summed E-state index contributed by atoms with van der Waals surface area (Å²) >= 11 is 6.34. The fraction of sp³-hybridized carbons (Fsp3) is 0.174. The molecule has 30 heavy (non-hydrogen) atoms. The smallest absolute Gasteiger partial charge is 0.261 e. The van der Waals surface area contributed by atoms with Crippen LogP contribution in [0.3, 0.4) is 0 Å². The van der Waals surface area contributed by atoms with Crippen molar-refractivity contribution in [2.45, 2.75) is 31.2 Å². The molecular weight excluding hydrogens is 420 g/mol. The highest BCUT2D eigenvalue weighted by Gasteiger charge is 2.31. The highest BCUT2D eigenvalue weighted by Crippen LogP contribution is 2.34. The van der Waals surface area contributed by atoms with Gasteiger partial charge in [0.1, 0.15) is 0 Å². The van der Waals surface area contributed by atoms with E-state index in [2.05, 4.69) is 4.72 Å². The number of hydrogen-bond acceptors (Lipinski definition) is 3. The quantitative estimate of drug-likeness (QED) is 0.618. The van der Waals surface area contributed by atoms with E-state index in [1.807, 2.05) is 38.1 Å². The highest BCUT2D eigenvalue weighted by atomic mass is 35.5. The monoisotopic (exact) mass is 440 g/mol. The Morgan fingerprint density at radius 3 is 2.47 bits per heavy atom. The van der Waals surface area contributed by atoms with Crippen LogP contribution < -0.4 is 9.62 Å². The van der Waals surface area contributed by atoms with Crippen molar-refractivity contribution in [1.29, 1.82) is 0 Å². The van der Waals surface area contributed by atoms with E-state index >= 15 is 0 Å². The number of hydrogen-bond donors (Lipinski definition) is 1. The molecule has 1 unspecified atom stereocenters. The number of anilines is 2. The molecule has 0 fully saturated rings. The van der Waals surface area contributed by atoms with Gasteiger partial charge in [0.2, 0.25) is 0 Å². The SMILES string of the molecule is Cc1ccc(S(=O)(=O)Nc2ccc(C(=O)N3c4ccccc4CC3C)cc2Cl)cc1. The predicted molar refractivity (Wildman–Crippen MR) is 120 cm³/mol. The second-order valence-corrected chi connectivity index (χ2v) is 9.56. The second-order valence-electron chi connectivity index (χ2n) is 7.47. The maximum absolute atomic E-state index is 13.2. The van der Waals surface area contributed by atoms with Crippen molar-refractivity contribution in [3.63, 3.8) is 0 Å². The number of para-hydroxylation sites is 1. The van der Waals surface area contributed by atoms with Gasteiger partial charge in [-0.3, -0.25) is 9.52 Å². The Balaban J connectivity index is 1.59. The van der Waals surface area contributed by atoms with Crippen molar-refractivity contribution in [1.82, 2.24) is 0 Å². The number of aryl methyl sites for hydroxylation is 1. The summed E-state index contributed by atoms with van der Waals surface area (Å²) in [5.41, 5.74) is 3.63. The van der Waals surface area contributed by atoms with Crippen molar-refractivity contribution < 1.29 is 13.2 Å². The summed E-state index contributed by atoms with van der Waals surface area (Å²) in [6.07, 6.45) is 0.796. The van der Waals surface area contributed by atoms with Crippen LogP contribution in [0.25, 0.3) is 0 Å². The summed E-state index contributed by atoms with van der Waals surface area (Å²) in [4.78, 5) is 15.1. The number of sulfonamides is 1. The number of nitrogens with zero attached hydrogens (tertiary/aromatic N) is 1. The second kappa shape index (κ2) is 7.78. The molecule has 1 atom stereocenters. The molecule has 3 aromatic rings. The van der Waals surface area contributed by atoms with Crippen molar-refractivity contribution in [3.05, 3.63) is 88.4 Å². The summed E-state index contributed by atoms with van der Waals surface area (Å²) in [6.45, 7) is 3.89. The molecule has 1 heterocycles. The van der Waals surface area contributed by atoms with Crippen LogP contribution >= 0.6 is 11.6 Å². The van der Waals surface area contributed by atoms with Crippen LogP contribution in [-0.4, -0.2) is 20.4 Å². The Morgan fingerprint density at radius 1 is 1.07 bits per heavy atom. The predicted octanol–water partition coefficient (Wildman–Crippen LogP) is 5.04. The van der Waals surface area contributed by atoms with Crippen LogP contribution in [0.1, 0.15) is 28.4 Å². The number of carbonyl (C=O) groups is 1. The standard InChI is InChI=1S/C23H21ClN2O3S/c1-15-7-10-19(11-8-15)30(28,29)25-21-12-9-18(14-20(21)24)23(27)26-16(2)13-17-5-3-4-6-22(17)26/h3-12,14,16,25H,13H2,1-2H3. The van der Waals surface area contributed by atoms with E-state index < -0.39 is 10.0 Å². The zero-order chi connectivity index (χ0) is 21.5. The molecule has 154 valence electrons. The van der Waals surface area contributed by atoms with Crippen molar-refractivity contribution in [2.24, 2.45) is 0 Å². The average Bonchev–Trinajstić information content (AvgIpc) is 3.05. The Bertz CT molecular complexity index is 1220. The summed E-state index contributed by atoms with van der Waals surface area (Å²) in [7, 11) is -3.78. The number of fused-ring (bicyclic) bond motifs is 1. The third-order valence-corrected chi connectivity index (χ3v) is 6.91. The van der Waals surface area contributed by atoms with Crippen molar-refractivity contribution in [2.75, 3.05) is 9.62 Å². The van der Waals surface area contributed by atoms with Gasteiger partial charge in [-0.2, -0.15) is 0 Å². The number of halogens is 1. The van der Waals surface area contributed by atoms with Crippen LogP contribution in [0.5, 0.6) is 0 Å². The topological polar surface area (TPSA) is 66.5 Å². The summed E-state index contributed by atoms with van der Waals surface area (Å²) in [5.74, 6) is -0.165. The van der Waals surface area contributed by atoms with Gasteiger partial charge in [0.15, 0.2) is 0 Å². The molecule has 0 aliphatic carbocycles. The minimum absolute atomic E-state index is 0.0355. The normalized spacial score (nSPS) is 15.7. The van der Waals surface area contributed by atoms with E-state index in [-0.39, 0.29) is 27.6 Å². The van der Waals surface area contributed by atoms with E-state index in [0.717, 1.165) is 23.2 Å². The van der Waals surface area contributed by atoms with E-state index in [1.165, 1.54) is 24.3 Å².